The van der Waals surface area contributed by atoms with Gasteiger partial charge in [-0.05, 0) is 55.3 Å². The Hall–Kier alpha value is -5.13. The lowest BCUT2D eigenvalue weighted by atomic mass is 10.1. The van der Waals surface area contributed by atoms with Crippen molar-refractivity contribution in [3.63, 3.8) is 0 Å². The van der Waals surface area contributed by atoms with Crippen LogP contribution in [0.3, 0.4) is 0 Å². The van der Waals surface area contributed by atoms with Crippen molar-refractivity contribution in [3.05, 3.63) is 66.6 Å². The predicted octanol–water partition coefficient (Wildman–Crippen LogP) is 5.11. The molecule has 5 rings (SSSR count). The van der Waals surface area contributed by atoms with Crippen LogP contribution >= 0.6 is 0 Å². The topological polar surface area (TPSA) is 145 Å². The van der Waals surface area contributed by atoms with Gasteiger partial charge in [0, 0.05) is 45.0 Å². The number of benzene rings is 2. The van der Waals surface area contributed by atoms with Crippen LogP contribution < -0.4 is 20.3 Å². The molecule has 3 N–H and O–H groups in total. The van der Waals surface area contributed by atoms with E-state index in [1.165, 1.54) is 12.4 Å². The van der Waals surface area contributed by atoms with E-state index in [0.29, 0.717) is 66.2 Å². The molecular formula is C28H30N10O2. The van der Waals surface area contributed by atoms with Gasteiger partial charge in [0.05, 0.1) is 11.9 Å². The first kappa shape index (κ1) is 26.5. The van der Waals surface area contributed by atoms with Crippen molar-refractivity contribution in [2.45, 2.75) is 13.8 Å². The van der Waals surface area contributed by atoms with Crippen LogP contribution in [0, 0.1) is 19.4 Å². The second-order valence-electron chi connectivity index (χ2n) is 9.35. The molecule has 0 atom stereocenters. The lowest BCUT2D eigenvalue weighted by Gasteiger charge is -2.34. The number of ether oxygens (including phenoxy) is 1. The van der Waals surface area contributed by atoms with Crippen molar-refractivity contribution in [1.29, 1.82) is 5.53 Å². The summed E-state index contributed by atoms with van der Waals surface area (Å²) < 4.78 is 6.19. The SMILES string of the molecule is C=CC(=O)N1CCN(c2ncc3ncnc(Nc4ccc(Oc5cc(N=N)c(NC)cc5C)c(C)c4)c3n2)CC1. The fourth-order valence-electron chi connectivity index (χ4n) is 4.52. The molecule has 0 saturated carbocycles. The smallest absolute Gasteiger partial charge is 0.246 e. The van der Waals surface area contributed by atoms with Crippen LogP contribution in [0.5, 0.6) is 11.5 Å². The van der Waals surface area contributed by atoms with Crippen molar-refractivity contribution in [3.8, 4) is 11.5 Å². The maximum absolute atomic E-state index is 11.9. The van der Waals surface area contributed by atoms with Crippen molar-refractivity contribution in [2.24, 2.45) is 5.11 Å². The molecule has 0 unspecified atom stereocenters. The number of aryl methyl sites for hydroxylation is 2. The van der Waals surface area contributed by atoms with Crippen molar-refractivity contribution < 1.29 is 9.53 Å². The lowest BCUT2D eigenvalue weighted by molar-refractivity contribution is -0.126. The highest BCUT2D eigenvalue weighted by Crippen LogP contribution is 2.36. The Morgan fingerprint density at radius 3 is 2.55 bits per heavy atom. The molecule has 12 nitrogen and oxygen atoms in total. The largest absolute Gasteiger partial charge is 0.457 e. The molecule has 3 heterocycles. The third kappa shape index (κ3) is 5.37. The van der Waals surface area contributed by atoms with Gasteiger partial charge in [0.25, 0.3) is 0 Å². The number of aromatic nitrogens is 4. The van der Waals surface area contributed by atoms with Gasteiger partial charge >= 0.3 is 0 Å². The summed E-state index contributed by atoms with van der Waals surface area (Å²) >= 11 is 0. The van der Waals surface area contributed by atoms with Gasteiger partial charge in [-0.3, -0.25) is 4.79 Å². The second kappa shape index (κ2) is 11.3. The van der Waals surface area contributed by atoms with E-state index in [1.807, 2.05) is 43.0 Å². The number of nitrogens with zero attached hydrogens (tertiary/aromatic N) is 7. The Morgan fingerprint density at radius 1 is 1.07 bits per heavy atom. The zero-order valence-corrected chi connectivity index (χ0v) is 22.6. The third-order valence-corrected chi connectivity index (χ3v) is 6.75. The highest BCUT2D eigenvalue weighted by Gasteiger charge is 2.22. The minimum atomic E-state index is -0.0689. The van der Waals surface area contributed by atoms with Gasteiger partial charge in [-0.15, -0.1) is 0 Å². The molecule has 40 heavy (non-hydrogen) atoms. The maximum atomic E-state index is 11.9. The Kier molecular flexibility index (Phi) is 7.49. The molecule has 0 bridgehead atoms. The molecule has 204 valence electrons. The summed E-state index contributed by atoms with van der Waals surface area (Å²) in [5, 5.41) is 10.00. The van der Waals surface area contributed by atoms with Crippen LogP contribution in [0.25, 0.3) is 11.0 Å². The number of amides is 1. The number of hydrogen-bond donors (Lipinski definition) is 3. The third-order valence-electron chi connectivity index (χ3n) is 6.75. The molecule has 1 fully saturated rings. The van der Waals surface area contributed by atoms with Crippen LogP contribution in [-0.4, -0.2) is 64.0 Å². The van der Waals surface area contributed by atoms with Crippen LogP contribution in [0.4, 0.5) is 28.8 Å². The van der Waals surface area contributed by atoms with Crippen LogP contribution in [0.2, 0.25) is 0 Å². The van der Waals surface area contributed by atoms with Gasteiger partial charge in [0.1, 0.15) is 34.5 Å². The number of carbonyl (C=O) groups is 1. The summed E-state index contributed by atoms with van der Waals surface area (Å²) in [6.07, 6.45) is 4.50. The van der Waals surface area contributed by atoms with Gasteiger partial charge < -0.3 is 25.2 Å². The lowest BCUT2D eigenvalue weighted by Crippen LogP contribution is -2.48. The Morgan fingerprint density at radius 2 is 1.85 bits per heavy atom. The van der Waals surface area contributed by atoms with Gasteiger partial charge in [-0.1, -0.05) is 6.58 Å². The molecular weight excluding hydrogens is 508 g/mol. The molecule has 1 aliphatic heterocycles. The second-order valence-corrected chi connectivity index (χ2v) is 9.35. The summed E-state index contributed by atoms with van der Waals surface area (Å²) in [4.78, 5) is 33.8. The Bertz CT molecular complexity index is 1600. The van der Waals surface area contributed by atoms with Crippen LogP contribution in [-0.2, 0) is 4.79 Å². The minimum Gasteiger partial charge on any atom is -0.457 e. The molecule has 2 aromatic carbocycles. The Balaban J connectivity index is 1.36. The fraction of sp³-hybridized carbons (Fsp3) is 0.250. The molecule has 0 aliphatic carbocycles. The van der Waals surface area contributed by atoms with E-state index < -0.39 is 0 Å². The molecule has 1 saturated heterocycles. The van der Waals surface area contributed by atoms with E-state index >= 15 is 0 Å². The highest BCUT2D eigenvalue weighted by molar-refractivity contribution is 5.88. The number of nitrogens with one attached hydrogen (secondary N) is 3. The van der Waals surface area contributed by atoms with Crippen molar-refractivity contribution in [1.82, 2.24) is 24.8 Å². The van der Waals surface area contributed by atoms with Gasteiger partial charge in [-0.25, -0.2) is 25.5 Å². The normalized spacial score (nSPS) is 13.2. The molecule has 1 aliphatic rings. The molecule has 2 aromatic heterocycles. The maximum Gasteiger partial charge on any atom is 0.246 e. The Labute approximate surface area is 231 Å². The first-order chi connectivity index (χ1) is 19.4. The number of fused-ring (bicyclic) bond motifs is 1. The van der Waals surface area contributed by atoms with Crippen LogP contribution in [0.15, 0.2) is 60.6 Å². The van der Waals surface area contributed by atoms with Crippen LogP contribution in [0.1, 0.15) is 11.1 Å². The first-order valence-electron chi connectivity index (χ1n) is 12.8. The van der Waals surface area contributed by atoms with E-state index in [4.69, 9.17) is 15.3 Å². The zero-order valence-electron chi connectivity index (χ0n) is 22.6. The highest BCUT2D eigenvalue weighted by atomic mass is 16.5. The van der Waals surface area contributed by atoms with Gasteiger partial charge in [0.15, 0.2) is 5.82 Å². The first-order valence-corrected chi connectivity index (χ1v) is 12.8. The van der Waals surface area contributed by atoms with E-state index in [-0.39, 0.29) is 5.91 Å². The number of rotatable bonds is 8. The monoisotopic (exact) mass is 538 g/mol. The molecule has 1 amide bonds. The van der Waals surface area contributed by atoms with Gasteiger partial charge in [-0.2, -0.15) is 5.11 Å². The van der Waals surface area contributed by atoms with E-state index in [9.17, 15) is 4.79 Å². The summed E-state index contributed by atoms with van der Waals surface area (Å²) in [6.45, 7) is 9.88. The summed E-state index contributed by atoms with van der Waals surface area (Å²) in [7, 11) is 1.79. The molecule has 12 heteroatoms. The number of carbonyl (C=O) groups excluding carboxylic acids is 1. The minimum absolute atomic E-state index is 0.0689. The summed E-state index contributed by atoms with van der Waals surface area (Å²) in [6, 6.07) is 9.41. The summed E-state index contributed by atoms with van der Waals surface area (Å²) in [5.41, 5.74) is 12.6. The predicted molar refractivity (Wildman–Crippen MR) is 154 cm³/mol. The number of hydrogen-bond acceptors (Lipinski definition) is 11. The molecule has 0 radical (unpaired) electrons. The van der Waals surface area contributed by atoms with E-state index in [1.54, 1.807) is 24.2 Å². The average molecular weight is 539 g/mol. The zero-order chi connectivity index (χ0) is 28.2. The van der Waals surface area contributed by atoms with E-state index in [0.717, 1.165) is 22.5 Å². The quantitative estimate of drug-likeness (QED) is 0.206. The molecule has 0 spiro atoms. The summed E-state index contributed by atoms with van der Waals surface area (Å²) in [5.74, 6) is 2.37. The number of piperazine rings is 1. The standard InChI is InChI=1S/C28H30N10O2/c1-5-25(39)37-8-10-38(11-9-37)28-31-15-22-26(35-28)27(33-16-32-22)34-19-6-7-23(17(2)12-19)40-24-14-21(36-29)20(30-4)13-18(24)3/h5-7,12-16,29-30H,1,8-11H2,2-4H3,(H,32,33,34). The van der Waals surface area contributed by atoms with Crippen molar-refractivity contribution >= 4 is 45.8 Å². The fourth-order valence-corrected chi connectivity index (χ4v) is 4.52. The van der Waals surface area contributed by atoms with E-state index in [2.05, 4.69) is 37.3 Å². The average Bonchev–Trinajstić information content (AvgIpc) is 2.98. The van der Waals surface area contributed by atoms with Crippen molar-refractivity contribution in [2.75, 3.05) is 48.8 Å². The molecule has 4 aromatic rings. The number of anilines is 4. The van der Waals surface area contributed by atoms with Gasteiger partial charge in [0.2, 0.25) is 11.9 Å².